The first kappa shape index (κ1) is 36.3. The number of nitrogens with zero attached hydrogens (tertiary/aromatic N) is 1. The van der Waals surface area contributed by atoms with Crippen molar-refractivity contribution in [3.63, 3.8) is 0 Å². The van der Waals surface area contributed by atoms with Crippen LogP contribution in [0.1, 0.15) is 25.0 Å². The van der Waals surface area contributed by atoms with Gasteiger partial charge in [-0.05, 0) is 108 Å². The van der Waals surface area contributed by atoms with Crippen LogP contribution >= 0.6 is 0 Å². The molecule has 0 saturated carbocycles. The summed E-state index contributed by atoms with van der Waals surface area (Å²) in [6.45, 7) is 4.72. The lowest BCUT2D eigenvalue weighted by molar-refractivity contribution is 0.660. The van der Waals surface area contributed by atoms with Gasteiger partial charge in [-0.1, -0.05) is 208 Å². The van der Waals surface area contributed by atoms with Crippen LogP contribution in [0, 0.1) is 0 Å². The minimum Gasteiger partial charge on any atom is -0.310 e. The normalized spacial score (nSPS) is 12.7. The fraction of sp³-hybridized carbons (Fsp3) is 0.0526. The number of hydrogen-bond donors (Lipinski definition) is 0. The monoisotopic (exact) mass is 771 g/mol. The van der Waals surface area contributed by atoms with Crippen LogP contribution in [0.4, 0.5) is 17.1 Å². The highest BCUT2D eigenvalue weighted by molar-refractivity contribution is 7.19. The van der Waals surface area contributed by atoms with Gasteiger partial charge in [-0.25, -0.2) is 0 Å². The maximum absolute atomic E-state index is 2.68. The Morgan fingerprint density at radius 3 is 1.27 bits per heavy atom. The Morgan fingerprint density at radius 1 is 0.305 bits per heavy atom. The van der Waals surface area contributed by atoms with Crippen LogP contribution in [0.5, 0.6) is 0 Å². The Balaban J connectivity index is 1.12. The molecule has 0 aliphatic heterocycles. The topological polar surface area (TPSA) is 3.24 Å². The van der Waals surface area contributed by atoms with E-state index in [2.05, 4.69) is 255 Å². The second-order valence-corrected chi connectivity index (χ2v) is 19.9. The lowest BCUT2D eigenvalue weighted by atomic mass is 9.82. The summed E-state index contributed by atoms with van der Waals surface area (Å²) in [4.78, 5) is 2.43. The maximum atomic E-state index is 2.43. The van der Waals surface area contributed by atoms with Crippen molar-refractivity contribution in [2.75, 3.05) is 4.90 Å². The van der Waals surface area contributed by atoms with Crippen LogP contribution in [0.2, 0.25) is 0 Å². The summed E-state index contributed by atoms with van der Waals surface area (Å²) < 4.78 is 0. The highest BCUT2D eigenvalue weighted by Crippen LogP contribution is 2.50. The molecule has 0 heterocycles. The highest BCUT2D eigenvalue weighted by Gasteiger charge is 2.41. The largest absolute Gasteiger partial charge is 0.310 e. The van der Waals surface area contributed by atoms with Gasteiger partial charge in [0.15, 0.2) is 8.07 Å². The minimum absolute atomic E-state index is 0.114. The molecule has 10 rings (SSSR count). The third-order valence-electron chi connectivity index (χ3n) is 12.4. The molecule has 0 saturated heterocycles. The van der Waals surface area contributed by atoms with Crippen LogP contribution in [-0.4, -0.2) is 8.07 Å². The molecule has 0 spiro atoms. The van der Waals surface area contributed by atoms with Gasteiger partial charge >= 0.3 is 0 Å². The molecular formula is C57H45NSi. The predicted octanol–water partition coefficient (Wildman–Crippen LogP) is 12.2. The first-order chi connectivity index (χ1) is 29.0. The molecule has 1 nitrogen and oxygen atoms in total. The quantitative estimate of drug-likeness (QED) is 0.104. The van der Waals surface area contributed by atoms with Gasteiger partial charge in [0.05, 0.1) is 0 Å². The van der Waals surface area contributed by atoms with Crippen molar-refractivity contribution in [2.24, 2.45) is 0 Å². The third-order valence-corrected chi connectivity index (χ3v) is 17.2. The molecule has 9 aromatic rings. The van der Waals surface area contributed by atoms with Crippen molar-refractivity contribution in [3.05, 3.63) is 248 Å². The van der Waals surface area contributed by atoms with Crippen LogP contribution in [0.15, 0.2) is 237 Å². The molecular weight excluding hydrogens is 727 g/mol. The standard InChI is InChI=1S/C57H45NSi/c1-57(2)55-29-16-15-28-53(55)54-39-36-48(41-56(54)57)58(46-32-30-43(31-33-46)45-21-17-20-44(40-45)42-18-7-3-8-19-42)47-34-37-52(38-35-47)59(49-22-9-4-10-23-49,50-24-11-5-12-25-50)51-26-13-6-14-27-51/h3-41H,1-2H3. The summed E-state index contributed by atoms with van der Waals surface area (Å²) >= 11 is 0. The number of rotatable bonds is 9. The molecule has 0 N–H and O–H groups in total. The van der Waals surface area contributed by atoms with Crippen molar-refractivity contribution < 1.29 is 0 Å². The van der Waals surface area contributed by atoms with Crippen molar-refractivity contribution in [2.45, 2.75) is 19.3 Å². The average molecular weight is 772 g/mol. The molecule has 282 valence electrons. The van der Waals surface area contributed by atoms with Crippen molar-refractivity contribution in [3.8, 4) is 33.4 Å². The van der Waals surface area contributed by atoms with E-state index in [0.29, 0.717) is 0 Å². The molecule has 0 fully saturated rings. The van der Waals surface area contributed by atoms with Gasteiger partial charge in [-0.3, -0.25) is 0 Å². The van der Waals surface area contributed by atoms with Gasteiger partial charge in [-0.15, -0.1) is 0 Å². The first-order valence-electron chi connectivity index (χ1n) is 20.6. The van der Waals surface area contributed by atoms with Gasteiger partial charge in [-0.2, -0.15) is 0 Å². The van der Waals surface area contributed by atoms with Gasteiger partial charge in [0.1, 0.15) is 0 Å². The molecule has 1 aliphatic rings. The number of fused-ring (bicyclic) bond motifs is 3. The van der Waals surface area contributed by atoms with E-state index in [1.165, 1.54) is 65.3 Å². The molecule has 2 heteroatoms. The van der Waals surface area contributed by atoms with Crippen molar-refractivity contribution in [1.29, 1.82) is 0 Å². The molecule has 0 bridgehead atoms. The van der Waals surface area contributed by atoms with Crippen LogP contribution in [0.3, 0.4) is 0 Å². The summed E-state index contributed by atoms with van der Waals surface area (Å²) in [5.74, 6) is 0. The van der Waals surface area contributed by atoms with E-state index in [1.54, 1.807) is 0 Å². The second-order valence-electron chi connectivity index (χ2n) is 16.1. The number of anilines is 3. The summed E-state index contributed by atoms with van der Waals surface area (Å²) in [6.07, 6.45) is 0. The van der Waals surface area contributed by atoms with Gasteiger partial charge in [0.25, 0.3) is 0 Å². The number of hydrogen-bond acceptors (Lipinski definition) is 1. The van der Waals surface area contributed by atoms with Gasteiger partial charge in [0, 0.05) is 22.5 Å². The minimum atomic E-state index is -2.68. The predicted molar refractivity (Wildman–Crippen MR) is 253 cm³/mol. The first-order valence-corrected chi connectivity index (χ1v) is 22.6. The van der Waals surface area contributed by atoms with Crippen LogP contribution < -0.4 is 25.6 Å². The lowest BCUT2D eigenvalue weighted by Gasteiger charge is -2.35. The van der Waals surface area contributed by atoms with E-state index in [4.69, 9.17) is 0 Å². The van der Waals surface area contributed by atoms with Gasteiger partial charge < -0.3 is 4.90 Å². The lowest BCUT2D eigenvalue weighted by Crippen LogP contribution is -2.74. The Hall–Kier alpha value is -7.00. The van der Waals surface area contributed by atoms with Crippen molar-refractivity contribution >= 4 is 45.9 Å². The summed E-state index contributed by atoms with van der Waals surface area (Å²) in [5, 5.41) is 5.46. The zero-order valence-electron chi connectivity index (χ0n) is 33.5. The molecule has 0 radical (unpaired) electrons. The molecule has 0 amide bonds. The Kier molecular flexibility index (Phi) is 9.28. The number of benzene rings is 9. The SMILES string of the molecule is CC1(C)c2ccccc2-c2ccc(N(c3ccc(-c4cccc(-c5ccccc5)c4)cc3)c3ccc([Si](c4ccccc4)(c4ccccc4)c4ccccc4)cc3)cc21. The Labute approximate surface area is 349 Å². The summed E-state index contributed by atoms with van der Waals surface area (Å²) in [5.41, 5.74) is 13.5. The molecule has 0 atom stereocenters. The summed E-state index contributed by atoms with van der Waals surface area (Å²) in [7, 11) is -2.68. The average Bonchev–Trinajstić information content (AvgIpc) is 3.54. The Bertz CT molecular complexity index is 2770. The van der Waals surface area contributed by atoms with Gasteiger partial charge in [0.2, 0.25) is 0 Å². The molecule has 0 aromatic heterocycles. The third kappa shape index (κ3) is 6.34. The zero-order valence-corrected chi connectivity index (χ0v) is 34.5. The zero-order chi connectivity index (χ0) is 39.8. The maximum Gasteiger partial charge on any atom is 0.179 e. The fourth-order valence-electron chi connectivity index (χ4n) is 9.52. The van der Waals surface area contributed by atoms with E-state index in [-0.39, 0.29) is 5.41 Å². The van der Waals surface area contributed by atoms with E-state index in [0.717, 1.165) is 17.1 Å². The summed E-state index contributed by atoms with van der Waals surface area (Å²) in [6, 6.07) is 87.5. The second kappa shape index (κ2) is 15.1. The molecule has 0 unspecified atom stereocenters. The van der Waals surface area contributed by atoms with E-state index in [9.17, 15) is 0 Å². The molecule has 9 aromatic carbocycles. The van der Waals surface area contributed by atoms with E-state index >= 15 is 0 Å². The van der Waals surface area contributed by atoms with Crippen LogP contribution in [-0.2, 0) is 5.41 Å². The molecule has 1 aliphatic carbocycles. The van der Waals surface area contributed by atoms with E-state index < -0.39 is 8.07 Å². The van der Waals surface area contributed by atoms with E-state index in [1.807, 2.05) is 0 Å². The Morgan fingerprint density at radius 2 is 0.712 bits per heavy atom. The smallest absolute Gasteiger partial charge is 0.179 e. The van der Waals surface area contributed by atoms with Crippen molar-refractivity contribution in [1.82, 2.24) is 0 Å². The fourth-order valence-corrected chi connectivity index (χ4v) is 14.3. The highest BCUT2D eigenvalue weighted by atomic mass is 28.3. The molecule has 59 heavy (non-hydrogen) atoms. The van der Waals surface area contributed by atoms with Crippen LogP contribution in [0.25, 0.3) is 33.4 Å².